The lowest BCUT2D eigenvalue weighted by Crippen LogP contribution is -2.45. The zero-order valence-electron chi connectivity index (χ0n) is 12.0. The highest BCUT2D eigenvalue weighted by molar-refractivity contribution is 6.34. The van der Waals surface area contributed by atoms with Crippen molar-refractivity contribution in [3.05, 3.63) is 41.0 Å². The van der Waals surface area contributed by atoms with E-state index >= 15 is 0 Å². The fourth-order valence-corrected chi connectivity index (χ4v) is 2.45. The van der Waals surface area contributed by atoms with E-state index in [2.05, 4.69) is 10.3 Å². The fraction of sp³-hybridized carbons (Fsp3) is 0.250. The summed E-state index contributed by atoms with van der Waals surface area (Å²) in [7, 11) is 0. The lowest BCUT2D eigenvalue weighted by molar-refractivity contribution is -0.129. The summed E-state index contributed by atoms with van der Waals surface area (Å²) in [5.74, 6) is 0.783. The van der Waals surface area contributed by atoms with Crippen LogP contribution in [0.3, 0.4) is 0 Å². The predicted octanol–water partition coefficient (Wildman–Crippen LogP) is 3.82. The molecule has 1 aromatic carbocycles. The van der Waals surface area contributed by atoms with Gasteiger partial charge in [-0.2, -0.15) is 0 Å². The summed E-state index contributed by atoms with van der Waals surface area (Å²) in [6, 6.07) is 7.69. The fourth-order valence-electron chi connectivity index (χ4n) is 2.21. The first kappa shape index (κ1) is 13.9. The van der Waals surface area contributed by atoms with Crippen molar-refractivity contribution in [1.82, 2.24) is 4.98 Å². The number of nitrogens with one attached hydrogen (secondary N) is 1. The Kier molecular flexibility index (Phi) is 3.14. The van der Waals surface area contributed by atoms with Gasteiger partial charge in [-0.05, 0) is 32.4 Å². The van der Waals surface area contributed by atoms with Crippen molar-refractivity contribution in [1.29, 1.82) is 0 Å². The van der Waals surface area contributed by atoms with Crippen molar-refractivity contribution < 1.29 is 9.53 Å². The largest absolute Gasteiger partial charge is 0.474 e. The first-order chi connectivity index (χ1) is 9.88. The first-order valence-electron chi connectivity index (χ1n) is 6.64. The molecule has 1 aromatic heterocycles. The van der Waals surface area contributed by atoms with Crippen LogP contribution in [0, 0.1) is 6.92 Å². The highest BCUT2D eigenvalue weighted by atomic mass is 35.5. The van der Waals surface area contributed by atoms with Gasteiger partial charge >= 0.3 is 0 Å². The average Bonchev–Trinajstić information content (AvgIpc) is 2.42. The lowest BCUT2D eigenvalue weighted by atomic mass is 10.0. The number of halogens is 1. The molecular formula is C16H15ClN2O2. The van der Waals surface area contributed by atoms with Crippen molar-refractivity contribution in [2.24, 2.45) is 0 Å². The minimum atomic E-state index is -0.913. The molecule has 0 unspecified atom stereocenters. The van der Waals surface area contributed by atoms with E-state index in [1.54, 1.807) is 20.0 Å². The van der Waals surface area contributed by atoms with E-state index in [1.807, 2.05) is 31.2 Å². The number of carbonyl (C=O) groups excluding carboxylic acids is 1. The van der Waals surface area contributed by atoms with E-state index in [1.165, 1.54) is 0 Å². The number of fused-ring (bicyclic) bond motifs is 1. The smallest absolute Gasteiger partial charge is 0.269 e. The standard InChI is InChI=1S/C16H15ClN2O2/c1-9-5-4-6-11(13(9)17)10-7-12-14(18-8-10)19-15(20)16(2,3)21-12/h4-8H,1-3H3,(H,18,19,20). The Bertz CT molecular complexity index is 741. The van der Waals surface area contributed by atoms with Crippen LogP contribution in [0.5, 0.6) is 5.75 Å². The maximum Gasteiger partial charge on any atom is 0.269 e. The Hall–Kier alpha value is -2.07. The van der Waals surface area contributed by atoms with Gasteiger partial charge in [-0.25, -0.2) is 4.98 Å². The lowest BCUT2D eigenvalue weighted by Gasteiger charge is -2.31. The Morgan fingerprint density at radius 2 is 2.10 bits per heavy atom. The SMILES string of the molecule is Cc1cccc(-c2cnc3c(c2)OC(C)(C)C(=O)N3)c1Cl. The number of aryl methyl sites for hydroxylation is 1. The average molecular weight is 303 g/mol. The van der Waals surface area contributed by atoms with Crippen LogP contribution in [0.2, 0.25) is 5.02 Å². The topological polar surface area (TPSA) is 51.2 Å². The molecule has 0 saturated heterocycles. The highest BCUT2D eigenvalue weighted by Crippen LogP contribution is 2.37. The van der Waals surface area contributed by atoms with Crippen LogP contribution in [-0.2, 0) is 4.79 Å². The van der Waals surface area contributed by atoms with Gasteiger partial charge in [0.05, 0.1) is 5.02 Å². The van der Waals surface area contributed by atoms with Crippen molar-refractivity contribution >= 4 is 23.3 Å². The summed E-state index contributed by atoms with van der Waals surface area (Å²) in [6.07, 6.45) is 1.68. The van der Waals surface area contributed by atoms with Crippen molar-refractivity contribution in [2.45, 2.75) is 26.4 Å². The van der Waals surface area contributed by atoms with Crippen LogP contribution in [0.25, 0.3) is 11.1 Å². The second kappa shape index (κ2) is 4.74. The van der Waals surface area contributed by atoms with Gasteiger partial charge in [-0.1, -0.05) is 29.8 Å². The molecule has 2 heterocycles. The van der Waals surface area contributed by atoms with E-state index < -0.39 is 5.60 Å². The molecular weight excluding hydrogens is 288 g/mol. The molecule has 0 bridgehead atoms. The number of pyridine rings is 1. The number of aromatic nitrogens is 1. The van der Waals surface area contributed by atoms with Crippen molar-refractivity contribution in [2.75, 3.05) is 5.32 Å². The number of nitrogens with zero attached hydrogens (tertiary/aromatic N) is 1. The third-order valence-electron chi connectivity index (χ3n) is 3.50. The zero-order chi connectivity index (χ0) is 15.2. The van der Waals surface area contributed by atoms with Gasteiger partial charge in [0.1, 0.15) is 0 Å². The van der Waals surface area contributed by atoms with E-state index in [0.29, 0.717) is 16.6 Å². The molecule has 21 heavy (non-hydrogen) atoms. The molecule has 4 nitrogen and oxygen atoms in total. The van der Waals surface area contributed by atoms with Crippen LogP contribution in [-0.4, -0.2) is 16.5 Å². The third kappa shape index (κ3) is 2.36. The number of rotatable bonds is 1. The molecule has 0 spiro atoms. The van der Waals surface area contributed by atoms with Gasteiger partial charge in [0.15, 0.2) is 17.2 Å². The number of hydrogen-bond donors (Lipinski definition) is 1. The van der Waals surface area contributed by atoms with Crippen LogP contribution in [0.15, 0.2) is 30.5 Å². The molecule has 0 atom stereocenters. The molecule has 2 aromatic rings. The normalized spacial score (nSPS) is 15.9. The van der Waals surface area contributed by atoms with E-state index in [-0.39, 0.29) is 5.91 Å². The van der Waals surface area contributed by atoms with Gasteiger partial charge in [-0.15, -0.1) is 0 Å². The van der Waals surface area contributed by atoms with E-state index in [9.17, 15) is 4.79 Å². The summed E-state index contributed by atoms with van der Waals surface area (Å²) in [5, 5.41) is 3.44. The van der Waals surface area contributed by atoms with E-state index in [4.69, 9.17) is 16.3 Å². The number of amides is 1. The van der Waals surface area contributed by atoms with Crippen LogP contribution in [0.4, 0.5) is 5.82 Å². The summed E-state index contributed by atoms with van der Waals surface area (Å²) in [6.45, 7) is 5.40. The zero-order valence-corrected chi connectivity index (χ0v) is 12.8. The van der Waals surface area contributed by atoms with Gasteiger partial charge in [0, 0.05) is 17.3 Å². The Morgan fingerprint density at radius 1 is 1.33 bits per heavy atom. The van der Waals surface area contributed by atoms with Crippen LogP contribution < -0.4 is 10.1 Å². The first-order valence-corrected chi connectivity index (χ1v) is 7.02. The number of ether oxygens (including phenoxy) is 1. The van der Waals surface area contributed by atoms with Crippen molar-refractivity contribution in [3.63, 3.8) is 0 Å². The highest BCUT2D eigenvalue weighted by Gasteiger charge is 2.36. The van der Waals surface area contributed by atoms with Gasteiger partial charge < -0.3 is 10.1 Å². The Morgan fingerprint density at radius 3 is 2.86 bits per heavy atom. The molecule has 0 aliphatic carbocycles. The second-order valence-electron chi connectivity index (χ2n) is 5.57. The molecule has 1 amide bonds. The molecule has 3 rings (SSSR count). The maximum absolute atomic E-state index is 11.8. The number of anilines is 1. The molecule has 5 heteroatoms. The predicted molar refractivity (Wildman–Crippen MR) is 82.8 cm³/mol. The van der Waals surface area contributed by atoms with Crippen LogP contribution in [0.1, 0.15) is 19.4 Å². The molecule has 1 aliphatic heterocycles. The van der Waals surface area contributed by atoms with Gasteiger partial charge in [-0.3, -0.25) is 4.79 Å². The summed E-state index contributed by atoms with van der Waals surface area (Å²) < 4.78 is 5.75. The monoisotopic (exact) mass is 302 g/mol. The van der Waals surface area contributed by atoms with Gasteiger partial charge in [0.2, 0.25) is 0 Å². The molecule has 1 aliphatic rings. The Labute approximate surface area is 128 Å². The molecule has 0 saturated carbocycles. The maximum atomic E-state index is 11.8. The Balaban J connectivity index is 2.08. The minimum Gasteiger partial charge on any atom is -0.474 e. The molecule has 0 radical (unpaired) electrons. The van der Waals surface area contributed by atoms with Gasteiger partial charge in [0.25, 0.3) is 5.91 Å². The minimum absolute atomic E-state index is 0.205. The van der Waals surface area contributed by atoms with Crippen molar-refractivity contribution in [3.8, 4) is 16.9 Å². The third-order valence-corrected chi connectivity index (χ3v) is 4.00. The van der Waals surface area contributed by atoms with E-state index in [0.717, 1.165) is 16.7 Å². The summed E-state index contributed by atoms with van der Waals surface area (Å²) in [5.41, 5.74) is 1.84. The van der Waals surface area contributed by atoms with Crippen LogP contribution >= 0.6 is 11.6 Å². The summed E-state index contributed by atoms with van der Waals surface area (Å²) >= 11 is 6.35. The number of carbonyl (C=O) groups is 1. The summed E-state index contributed by atoms with van der Waals surface area (Å²) in [4.78, 5) is 16.1. The number of hydrogen-bond acceptors (Lipinski definition) is 3. The number of benzene rings is 1. The molecule has 108 valence electrons. The molecule has 0 fully saturated rings. The second-order valence-corrected chi connectivity index (χ2v) is 5.95. The molecule has 1 N–H and O–H groups in total. The quantitative estimate of drug-likeness (QED) is 0.871.